The fourth-order valence-electron chi connectivity index (χ4n) is 3.33. The Labute approximate surface area is 195 Å². The lowest BCUT2D eigenvalue weighted by molar-refractivity contribution is 0.0483. The number of nitrogens with zero attached hydrogens (tertiary/aromatic N) is 3. The van der Waals surface area contributed by atoms with Crippen LogP contribution in [-0.4, -0.2) is 23.9 Å². The number of azide groups is 1. The molecule has 0 radical (unpaired) electrons. The molecular weight excluding hydrogens is 433 g/mol. The molecule has 7 heteroatoms. The molecule has 0 saturated carbocycles. The second-order valence-corrected chi connectivity index (χ2v) is 10.4. The number of carbonyl (C=O) groups is 2. The van der Waals surface area contributed by atoms with Gasteiger partial charge in [-0.2, -0.15) is 0 Å². The lowest BCUT2D eigenvalue weighted by Gasteiger charge is -2.23. The molecule has 0 bridgehead atoms. The molecular formula is C26H26N3O3P. The minimum absolute atomic E-state index is 0.0663. The topological polar surface area (TPSA) is 92.1 Å². The van der Waals surface area contributed by atoms with Gasteiger partial charge in [0.25, 0.3) is 0 Å². The molecule has 3 rings (SSSR count). The van der Waals surface area contributed by atoms with E-state index in [-0.39, 0.29) is 12.4 Å². The fraction of sp³-hybridized carbons (Fsp3) is 0.231. The van der Waals surface area contributed by atoms with Crippen molar-refractivity contribution in [1.29, 1.82) is 0 Å². The van der Waals surface area contributed by atoms with Gasteiger partial charge in [-0.05, 0) is 49.5 Å². The molecule has 0 spiro atoms. The van der Waals surface area contributed by atoms with Gasteiger partial charge in [0.2, 0.25) is 0 Å². The van der Waals surface area contributed by atoms with Gasteiger partial charge in [-0.1, -0.05) is 85.7 Å². The summed E-state index contributed by atoms with van der Waals surface area (Å²) in [6, 6.07) is 25.1. The first-order valence-electron chi connectivity index (χ1n) is 10.6. The van der Waals surface area contributed by atoms with Gasteiger partial charge in [-0.25, -0.2) is 4.79 Å². The van der Waals surface area contributed by atoms with Crippen molar-refractivity contribution in [3.63, 3.8) is 0 Å². The smallest absolute Gasteiger partial charge is 0.338 e. The van der Waals surface area contributed by atoms with Crippen molar-refractivity contribution < 1.29 is 14.3 Å². The molecule has 0 unspecified atom stereocenters. The zero-order valence-electron chi connectivity index (χ0n) is 18.9. The number of benzene rings is 3. The molecule has 0 aliphatic rings. The predicted molar refractivity (Wildman–Crippen MR) is 133 cm³/mol. The number of carbonyl (C=O) groups excluding carboxylic acids is 2. The highest BCUT2D eigenvalue weighted by Gasteiger charge is 2.25. The van der Waals surface area contributed by atoms with E-state index >= 15 is 0 Å². The molecule has 0 atom stereocenters. The van der Waals surface area contributed by atoms with Gasteiger partial charge in [0.05, 0.1) is 12.2 Å². The SMILES string of the molecule is CC(=O)c1ccc(C(=O)OCCC(C)(C)N=[N+]=[N-])c(P(c2ccccc2)c2ccccc2)c1. The van der Waals surface area contributed by atoms with Crippen molar-refractivity contribution in [1.82, 2.24) is 0 Å². The summed E-state index contributed by atoms with van der Waals surface area (Å²) in [5.41, 5.74) is 9.02. The molecule has 0 N–H and O–H groups in total. The molecule has 0 amide bonds. The summed E-state index contributed by atoms with van der Waals surface area (Å²) >= 11 is 0. The second kappa shape index (κ2) is 10.9. The Bertz CT molecular complexity index is 1130. The molecule has 33 heavy (non-hydrogen) atoms. The maximum Gasteiger partial charge on any atom is 0.338 e. The molecule has 0 heterocycles. The first-order chi connectivity index (χ1) is 15.8. The Hall–Kier alpha value is -3.46. The maximum absolute atomic E-state index is 13.2. The van der Waals surface area contributed by atoms with Crippen LogP contribution in [0, 0.1) is 0 Å². The zero-order chi connectivity index (χ0) is 23.8. The molecule has 0 aromatic heterocycles. The third-order valence-corrected chi connectivity index (χ3v) is 7.64. The van der Waals surface area contributed by atoms with E-state index in [1.54, 1.807) is 26.0 Å². The molecule has 3 aromatic rings. The van der Waals surface area contributed by atoms with Gasteiger partial charge in [-0.3, -0.25) is 4.79 Å². The van der Waals surface area contributed by atoms with Crippen molar-refractivity contribution in [2.75, 3.05) is 6.61 Å². The Kier molecular flexibility index (Phi) is 8.00. The van der Waals surface area contributed by atoms with Gasteiger partial charge in [0.1, 0.15) is 0 Å². The highest BCUT2D eigenvalue weighted by Crippen LogP contribution is 2.34. The second-order valence-electron chi connectivity index (χ2n) is 8.18. The summed E-state index contributed by atoms with van der Waals surface area (Å²) in [5, 5.41) is 6.64. The Balaban J connectivity index is 2.04. The van der Waals surface area contributed by atoms with Gasteiger partial charge in [-0.15, -0.1) is 0 Å². The molecule has 0 fully saturated rings. The lowest BCUT2D eigenvalue weighted by atomic mass is 10.0. The van der Waals surface area contributed by atoms with E-state index in [2.05, 4.69) is 10.0 Å². The Morgan fingerprint density at radius 3 is 2.06 bits per heavy atom. The number of hydrogen-bond acceptors (Lipinski definition) is 4. The van der Waals surface area contributed by atoms with Crippen LogP contribution in [0.4, 0.5) is 0 Å². The zero-order valence-corrected chi connectivity index (χ0v) is 19.8. The van der Waals surface area contributed by atoms with Crippen LogP contribution in [0.1, 0.15) is 47.9 Å². The van der Waals surface area contributed by atoms with Crippen molar-refractivity contribution in [2.45, 2.75) is 32.7 Å². The van der Waals surface area contributed by atoms with Crippen molar-refractivity contribution in [3.8, 4) is 0 Å². The normalized spacial score (nSPS) is 11.0. The van der Waals surface area contributed by atoms with Crippen molar-refractivity contribution in [3.05, 3.63) is 100 Å². The van der Waals surface area contributed by atoms with Crippen LogP contribution in [0.15, 0.2) is 84.0 Å². The summed E-state index contributed by atoms with van der Waals surface area (Å²) in [7, 11) is -1.10. The molecule has 3 aromatic carbocycles. The van der Waals surface area contributed by atoms with Gasteiger partial charge in [0, 0.05) is 21.3 Å². The van der Waals surface area contributed by atoms with Crippen molar-refractivity contribution in [2.24, 2.45) is 5.11 Å². The minimum atomic E-state index is -1.10. The van der Waals surface area contributed by atoms with Crippen LogP contribution in [-0.2, 0) is 4.74 Å². The van der Waals surface area contributed by atoms with Gasteiger partial charge >= 0.3 is 5.97 Å². The predicted octanol–water partition coefficient (Wildman–Crippen LogP) is 5.28. The molecule has 6 nitrogen and oxygen atoms in total. The van der Waals surface area contributed by atoms with Crippen molar-refractivity contribution >= 4 is 35.6 Å². The number of hydrogen-bond donors (Lipinski definition) is 0. The minimum Gasteiger partial charge on any atom is -0.462 e. The van der Waals surface area contributed by atoms with Crippen LogP contribution in [0.5, 0.6) is 0 Å². The quantitative estimate of drug-likeness (QED) is 0.109. The highest BCUT2D eigenvalue weighted by atomic mass is 31.1. The largest absolute Gasteiger partial charge is 0.462 e. The van der Waals surface area contributed by atoms with Crippen LogP contribution >= 0.6 is 7.92 Å². The fourth-order valence-corrected chi connectivity index (χ4v) is 5.80. The Morgan fingerprint density at radius 1 is 0.970 bits per heavy atom. The van der Waals surface area contributed by atoms with E-state index in [4.69, 9.17) is 10.3 Å². The van der Waals surface area contributed by atoms with E-state index in [0.717, 1.165) is 15.9 Å². The first kappa shape index (κ1) is 24.2. The van der Waals surface area contributed by atoms with E-state index < -0.39 is 19.4 Å². The summed E-state index contributed by atoms with van der Waals surface area (Å²) < 4.78 is 5.58. The van der Waals surface area contributed by atoms with Crippen LogP contribution in [0.3, 0.4) is 0 Å². The lowest BCUT2D eigenvalue weighted by Crippen LogP contribution is -2.27. The number of ether oxygens (including phenoxy) is 1. The third kappa shape index (κ3) is 6.29. The summed E-state index contributed by atoms with van der Waals surface area (Å²) in [6.07, 6.45) is 0.399. The average molecular weight is 459 g/mol. The van der Waals surface area contributed by atoms with Crippen LogP contribution in [0.25, 0.3) is 10.4 Å². The maximum atomic E-state index is 13.2. The van der Waals surface area contributed by atoms with E-state index in [9.17, 15) is 9.59 Å². The van der Waals surface area contributed by atoms with Gasteiger partial charge in [0.15, 0.2) is 5.78 Å². The summed E-state index contributed by atoms with van der Waals surface area (Å²) in [4.78, 5) is 28.2. The third-order valence-electron chi connectivity index (χ3n) is 5.16. The van der Waals surface area contributed by atoms with E-state index in [0.29, 0.717) is 17.5 Å². The molecule has 168 valence electrons. The number of rotatable bonds is 9. The summed E-state index contributed by atoms with van der Waals surface area (Å²) in [6.45, 7) is 5.21. The van der Waals surface area contributed by atoms with E-state index in [1.165, 1.54) is 6.92 Å². The molecule has 0 aliphatic heterocycles. The number of ketones is 1. The standard InChI is InChI=1S/C26H26N3O3P/c1-19(30)20-14-15-23(25(31)32-17-16-26(2,3)28-29-27)24(18-20)33(21-10-6-4-7-11-21)22-12-8-5-9-13-22/h4-15,18H,16-17H2,1-3H3. The number of Topliss-reactive ketones (excluding diaryl/α,β-unsaturated/α-hetero) is 1. The van der Waals surface area contributed by atoms with Crippen LogP contribution in [0.2, 0.25) is 0 Å². The number of esters is 1. The molecule has 0 saturated heterocycles. The van der Waals surface area contributed by atoms with Gasteiger partial charge < -0.3 is 4.74 Å². The Morgan fingerprint density at radius 2 is 1.55 bits per heavy atom. The van der Waals surface area contributed by atoms with E-state index in [1.807, 2.05) is 66.7 Å². The summed E-state index contributed by atoms with van der Waals surface area (Å²) in [5.74, 6) is -0.528. The highest BCUT2D eigenvalue weighted by molar-refractivity contribution is 7.80. The average Bonchev–Trinajstić information content (AvgIpc) is 2.80. The monoisotopic (exact) mass is 459 g/mol. The molecule has 0 aliphatic carbocycles. The van der Waals surface area contributed by atoms with Crippen LogP contribution < -0.4 is 15.9 Å². The first-order valence-corrected chi connectivity index (χ1v) is 12.0.